The van der Waals surface area contributed by atoms with Crippen LogP contribution in [-0.4, -0.2) is 34.7 Å². The minimum absolute atomic E-state index is 0.0824. The molecule has 0 saturated heterocycles. The molecule has 3 aromatic rings. The molecule has 1 aliphatic carbocycles. The summed E-state index contributed by atoms with van der Waals surface area (Å²) in [4.78, 5) is 27.1. The Balaban J connectivity index is 1.82. The van der Waals surface area contributed by atoms with Crippen molar-refractivity contribution in [1.82, 2.24) is 5.16 Å². The Labute approximate surface area is 220 Å². The molecule has 0 spiro atoms. The van der Waals surface area contributed by atoms with E-state index < -0.39 is 23.5 Å². The Bertz CT molecular complexity index is 1320. The van der Waals surface area contributed by atoms with E-state index in [1.807, 2.05) is 0 Å². The summed E-state index contributed by atoms with van der Waals surface area (Å²) < 4.78 is 35.1. The first-order chi connectivity index (χ1) is 18.1. The van der Waals surface area contributed by atoms with Crippen LogP contribution in [0.3, 0.4) is 0 Å². The molecule has 0 bridgehead atoms. The molecule has 0 aliphatic heterocycles. The molecule has 202 valence electrons. The molecule has 2 N–H and O–H groups in total. The van der Waals surface area contributed by atoms with Gasteiger partial charge in [0.2, 0.25) is 5.91 Å². The van der Waals surface area contributed by atoms with Gasteiger partial charge in [0.15, 0.2) is 0 Å². The van der Waals surface area contributed by atoms with Crippen LogP contribution in [0.25, 0.3) is 11.1 Å². The van der Waals surface area contributed by atoms with Crippen LogP contribution in [0.15, 0.2) is 40.9 Å². The average Bonchev–Trinajstić information content (AvgIpc) is 3.27. The lowest BCUT2D eigenvalue weighted by Crippen LogP contribution is -2.40. The second-order valence-electron chi connectivity index (χ2n) is 10.3. The van der Waals surface area contributed by atoms with Crippen molar-refractivity contribution in [2.75, 3.05) is 16.8 Å². The van der Waals surface area contributed by atoms with E-state index in [1.165, 1.54) is 12.1 Å². The summed E-state index contributed by atoms with van der Waals surface area (Å²) in [5.74, 6) is -2.44. The standard InChI is InChI=1S/C29H33F2N3O4/c1-17(2)16-34(20-7-5-4-6-8-20)27-15-25(31)24(23-12-19(30)9-10-22(23)29(36)37)14-26(27)32-28(35)13-21-11-18(3)33-38-21/h9-12,14-15,17,20H,4-8,13,16H2,1-3H3,(H,32,35)(H,36,37). The largest absolute Gasteiger partial charge is 0.478 e. The van der Waals surface area contributed by atoms with Gasteiger partial charge < -0.3 is 19.8 Å². The third kappa shape index (κ3) is 6.38. The molecule has 0 unspecified atom stereocenters. The van der Waals surface area contributed by atoms with Crippen molar-refractivity contribution in [3.8, 4) is 11.1 Å². The lowest BCUT2D eigenvalue weighted by atomic mass is 9.92. The van der Waals surface area contributed by atoms with Gasteiger partial charge in [0.1, 0.15) is 17.4 Å². The third-order valence-electron chi connectivity index (χ3n) is 6.76. The molecule has 1 amide bonds. The summed E-state index contributed by atoms with van der Waals surface area (Å²) in [5, 5.41) is 16.4. The minimum atomic E-state index is -1.31. The number of amides is 1. The zero-order valence-corrected chi connectivity index (χ0v) is 21.9. The highest BCUT2D eigenvalue weighted by Gasteiger charge is 2.27. The number of aromatic nitrogens is 1. The highest BCUT2D eigenvalue weighted by atomic mass is 19.1. The van der Waals surface area contributed by atoms with Gasteiger partial charge in [-0.3, -0.25) is 4.79 Å². The summed E-state index contributed by atoms with van der Waals surface area (Å²) in [6, 6.07) is 7.70. The lowest BCUT2D eigenvalue weighted by Gasteiger charge is -2.38. The van der Waals surface area contributed by atoms with E-state index in [0.717, 1.165) is 50.3 Å². The summed E-state index contributed by atoms with van der Waals surface area (Å²) >= 11 is 0. The number of carboxylic acid groups (broad SMARTS) is 1. The summed E-state index contributed by atoms with van der Waals surface area (Å²) in [6.45, 7) is 6.56. The number of benzene rings is 2. The van der Waals surface area contributed by atoms with Crippen LogP contribution in [0.4, 0.5) is 20.2 Å². The number of aryl methyl sites for hydroxylation is 1. The molecular formula is C29H33F2N3O4. The van der Waals surface area contributed by atoms with Gasteiger partial charge in [-0.15, -0.1) is 0 Å². The number of rotatable bonds is 9. The van der Waals surface area contributed by atoms with E-state index in [1.54, 1.807) is 13.0 Å². The van der Waals surface area contributed by atoms with Crippen LogP contribution in [0.5, 0.6) is 0 Å². The number of carbonyl (C=O) groups is 2. The van der Waals surface area contributed by atoms with Gasteiger partial charge in [0.25, 0.3) is 0 Å². The Morgan fingerprint density at radius 2 is 1.84 bits per heavy atom. The van der Waals surface area contributed by atoms with Crippen molar-refractivity contribution >= 4 is 23.3 Å². The molecule has 2 aromatic carbocycles. The predicted molar refractivity (Wildman–Crippen MR) is 141 cm³/mol. The monoisotopic (exact) mass is 525 g/mol. The first kappa shape index (κ1) is 27.3. The fraction of sp³-hybridized carbons (Fsp3) is 0.414. The Hall–Kier alpha value is -3.75. The number of anilines is 2. The van der Waals surface area contributed by atoms with Crippen LogP contribution in [0.2, 0.25) is 0 Å². The number of hydrogen-bond donors (Lipinski definition) is 2. The lowest BCUT2D eigenvalue weighted by molar-refractivity contribution is -0.115. The number of hydrogen-bond acceptors (Lipinski definition) is 5. The maximum atomic E-state index is 15.8. The molecule has 38 heavy (non-hydrogen) atoms. The zero-order chi connectivity index (χ0) is 27.4. The Kier molecular flexibility index (Phi) is 8.44. The topological polar surface area (TPSA) is 95.7 Å². The van der Waals surface area contributed by atoms with Crippen LogP contribution < -0.4 is 10.2 Å². The minimum Gasteiger partial charge on any atom is -0.478 e. The van der Waals surface area contributed by atoms with Crippen molar-refractivity contribution in [1.29, 1.82) is 0 Å². The molecule has 1 aliphatic rings. The van der Waals surface area contributed by atoms with Crippen LogP contribution in [-0.2, 0) is 11.2 Å². The number of nitrogens with zero attached hydrogens (tertiary/aromatic N) is 2. The predicted octanol–water partition coefficient (Wildman–Crippen LogP) is 6.60. The van der Waals surface area contributed by atoms with Gasteiger partial charge in [0.05, 0.1) is 29.1 Å². The van der Waals surface area contributed by atoms with Crippen molar-refractivity contribution in [2.24, 2.45) is 5.92 Å². The van der Waals surface area contributed by atoms with Gasteiger partial charge in [-0.1, -0.05) is 38.3 Å². The molecule has 0 atom stereocenters. The normalized spacial score (nSPS) is 14.1. The smallest absolute Gasteiger partial charge is 0.336 e. The van der Waals surface area contributed by atoms with Gasteiger partial charge in [-0.05, 0) is 56.0 Å². The van der Waals surface area contributed by atoms with Crippen LogP contribution >= 0.6 is 0 Å². The SMILES string of the molecule is Cc1cc(CC(=O)Nc2cc(-c3cc(F)ccc3C(=O)O)c(F)cc2N(CC(C)C)C2CCCCC2)on1. The van der Waals surface area contributed by atoms with Gasteiger partial charge in [-0.2, -0.15) is 0 Å². The van der Waals surface area contributed by atoms with Crippen molar-refractivity contribution in [3.63, 3.8) is 0 Å². The number of halogens is 2. The average molecular weight is 526 g/mol. The number of aromatic carboxylic acids is 1. The first-order valence-electron chi connectivity index (χ1n) is 13.0. The number of carbonyl (C=O) groups excluding carboxylic acids is 1. The Morgan fingerprint density at radius 3 is 2.47 bits per heavy atom. The zero-order valence-electron chi connectivity index (χ0n) is 21.9. The quantitative estimate of drug-likeness (QED) is 0.327. The molecule has 1 saturated carbocycles. The third-order valence-corrected chi connectivity index (χ3v) is 6.76. The van der Waals surface area contributed by atoms with E-state index in [4.69, 9.17) is 4.52 Å². The highest BCUT2D eigenvalue weighted by Crippen LogP contribution is 2.39. The molecule has 1 fully saturated rings. The molecule has 1 heterocycles. The van der Waals surface area contributed by atoms with Crippen LogP contribution in [0.1, 0.15) is 67.8 Å². The number of nitrogens with one attached hydrogen (secondary N) is 1. The molecular weight excluding hydrogens is 492 g/mol. The van der Waals surface area contributed by atoms with E-state index in [9.17, 15) is 19.1 Å². The number of carboxylic acids is 1. The van der Waals surface area contributed by atoms with Crippen LogP contribution in [0, 0.1) is 24.5 Å². The fourth-order valence-corrected chi connectivity index (χ4v) is 5.12. The second-order valence-corrected chi connectivity index (χ2v) is 10.3. The molecule has 9 heteroatoms. The highest BCUT2D eigenvalue weighted by molar-refractivity contribution is 5.99. The second kappa shape index (κ2) is 11.8. The van der Waals surface area contributed by atoms with E-state index in [2.05, 4.69) is 29.2 Å². The summed E-state index contributed by atoms with van der Waals surface area (Å²) in [5.41, 5.74) is 1.04. The molecule has 7 nitrogen and oxygen atoms in total. The maximum absolute atomic E-state index is 15.8. The fourth-order valence-electron chi connectivity index (χ4n) is 5.12. The maximum Gasteiger partial charge on any atom is 0.336 e. The van der Waals surface area contributed by atoms with Gasteiger partial charge in [0, 0.05) is 29.8 Å². The molecule has 0 radical (unpaired) electrons. The Morgan fingerprint density at radius 1 is 1.11 bits per heavy atom. The van der Waals surface area contributed by atoms with E-state index in [-0.39, 0.29) is 35.1 Å². The van der Waals surface area contributed by atoms with E-state index in [0.29, 0.717) is 29.4 Å². The van der Waals surface area contributed by atoms with Gasteiger partial charge in [-0.25, -0.2) is 13.6 Å². The molecule has 4 rings (SSSR count). The van der Waals surface area contributed by atoms with E-state index >= 15 is 4.39 Å². The summed E-state index contributed by atoms with van der Waals surface area (Å²) in [6.07, 6.45) is 5.11. The first-order valence-corrected chi connectivity index (χ1v) is 13.0. The van der Waals surface area contributed by atoms with Crippen molar-refractivity contribution in [3.05, 3.63) is 65.1 Å². The van der Waals surface area contributed by atoms with Crippen molar-refractivity contribution in [2.45, 2.75) is 65.3 Å². The van der Waals surface area contributed by atoms with Gasteiger partial charge >= 0.3 is 5.97 Å². The summed E-state index contributed by atoms with van der Waals surface area (Å²) in [7, 11) is 0. The molecule has 1 aromatic heterocycles. The van der Waals surface area contributed by atoms with Crippen molar-refractivity contribution < 1.29 is 28.0 Å².